The third-order valence-electron chi connectivity index (χ3n) is 5.23. The number of halogens is 1. The number of rotatable bonds is 3. The van der Waals surface area contributed by atoms with E-state index in [1.807, 2.05) is 25.3 Å². The van der Waals surface area contributed by atoms with Crippen LogP contribution in [0.5, 0.6) is 0 Å². The van der Waals surface area contributed by atoms with Crippen LogP contribution in [0.1, 0.15) is 18.7 Å². The molecule has 2 aliphatic rings. The zero-order valence-electron chi connectivity index (χ0n) is 13.8. The fraction of sp³-hybridized carbons (Fsp3) is 0.500. The van der Waals surface area contributed by atoms with E-state index in [0.717, 1.165) is 23.2 Å². The SMILES string of the molecule is Cc1noc(N2C[C@H]3CC[C@@H](C2)[C@@H]3Nc2nc3c(Br)cccn3n2)n1. The minimum absolute atomic E-state index is 0.386. The maximum absolute atomic E-state index is 5.35. The molecule has 1 aliphatic carbocycles. The second-order valence-corrected chi connectivity index (χ2v) is 7.71. The molecule has 4 heterocycles. The molecule has 1 aliphatic heterocycles. The second kappa shape index (κ2) is 5.69. The molecule has 8 nitrogen and oxygen atoms in total. The van der Waals surface area contributed by atoms with E-state index in [2.05, 4.69) is 46.4 Å². The molecular formula is C16H18BrN7O. The molecule has 1 saturated carbocycles. The van der Waals surface area contributed by atoms with Gasteiger partial charge in [0.1, 0.15) is 0 Å². The molecule has 1 saturated heterocycles. The van der Waals surface area contributed by atoms with Crippen LogP contribution in [0.2, 0.25) is 0 Å². The monoisotopic (exact) mass is 403 g/mol. The number of fused-ring (bicyclic) bond motifs is 3. The Balaban J connectivity index is 1.36. The van der Waals surface area contributed by atoms with Gasteiger partial charge in [-0.05, 0) is 59.7 Å². The van der Waals surface area contributed by atoms with Gasteiger partial charge in [-0.1, -0.05) is 5.16 Å². The van der Waals surface area contributed by atoms with Crippen molar-refractivity contribution in [3.8, 4) is 0 Å². The van der Waals surface area contributed by atoms with Gasteiger partial charge in [-0.25, -0.2) is 4.52 Å². The van der Waals surface area contributed by atoms with E-state index in [4.69, 9.17) is 4.52 Å². The fourth-order valence-electron chi connectivity index (χ4n) is 4.11. The van der Waals surface area contributed by atoms with Gasteiger partial charge < -0.3 is 14.7 Å². The molecule has 9 heteroatoms. The van der Waals surface area contributed by atoms with Gasteiger partial charge in [0.2, 0.25) is 5.95 Å². The first-order valence-electron chi connectivity index (χ1n) is 8.50. The Morgan fingerprint density at radius 2 is 2.04 bits per heavy atom. The summed E-state index contributed by atoms with van der Waals surface area (Å²) in [5, 5.41) is 12.0. The minimum Gasteiger partial charge on any atom is -0.349 e. The summed E-state index contributed by atoms with van der Waals surface area (Å²) >= 11 is 3.53. The van der Waals surface area contributed by atoms with Crippen molar-refractivity contribution in [3.63, 3.8) is 0 Å². The summed E-state index contributed by atoms with van der Waals surface area (Å²) in [6, 6.07) is 4.95. The van der Waals surface area contributed by atoms with Gasteiger partial charge in [0, 0.05) is 25.3 Å². The van der Waals surface area contributed by atoms with Crippen LogP contribution in [-0.2, 0) is 0 Å². The number of piperidine rings is 1. The van der Waals surface area contributed by atoms with Crippen molar-refractivity contribution >= 4 is 33.5 Å². The Labute approximate surface area is 152 Å². The Morgan fingerprint density at radius 1 is 1.24 bits per heavy atom. The molecule has 0 radical (unpaired) electrons. The van der Waals surface area contributed by atoms with Gasteiger partial charge >= 0.3 is 6.01 Å². The number of anilines is 2. The van der Waals surface area contributed by atoms with Crippen LogP contribution in [0.15, 0.2) is 27.3 Å². The number of nitrogens with one attached hydrogen (secondary N) is 1. The highest BCUT2D eigenvalue weighted by molar-refractivity contribution is 9.10. The van der Waals surface area contributed by atoms with Crippen molar-refractivity contribution in [2.45, 2.75) is 25.8 Å². The molecule has 2 fully saturated rings. The smallest absolute Gasteiger partial charge is 0.324 e. The zero-order chi connectivity index (χ0) is 17.0. The molecule has 1 N–H and O–H groups in total. The van der Waals surface area contributed by atoms with Crippen LogP contribution in [0.3, 0.4) is 0 Å². The molecule has 2 bridgehead atoms. The lowest BCUT2D eigenvalue weighted by atomic mass is 9.92. The molecule has 130 valence electrons. The molecule has 0 aromatic carbocycles. The van der Waals surface area contributed by atoms with Gasteiger partial charge in [0.05, 0.1) is 4.47 Å². The van der Waals surface area contributed by atoms with Gasteiger partial charge in [-0.15, -0.1) is 5.10 Å². The van der Waals surface area contributed by atoms with E-state index >= 15 is 0 Å². The summed E-state index contributed by atoms with van der Waals surface area (Å²) in [7, 11) is 0. The number of hydrogen-bond acceptors (Lipinski definition) is 7. The molecule has 25 heavy (non-hydrogen) atoms. The van der Waals surface area contributed by atoms with Crippen LogP contribution >= 0.6 is 15.9 Å². The van der Waals surface area contributed by atoms with Crippen molar-refractivity contribution in [1.29, 1.82) is 0 Å². The van der Waals surface area contributed by atoms with Gasteiger partial charge in [0.15, 0.2) is 11.5 Å². The van der Waals surface area contributed by atoms with Crippen LogP contribution in [0, 0.1) is 18.8 Å². The number of pyridine rings is 1. The topological polar surface area (TPSA) is 84.4 Å². The highest BCUT2D eigenvalue weighted by Crippen LogP contribution is 2.39. The van der Waals surface area contributed by atoms with Gasteiger partial charge in [0.25, 0.3) is 0 Å². The maximum atomic E-state index is 5.35. The average Bonchev–Trinajstić information content (AvgIpc) is 3.26. The average molecular weight is 404 g/mol. The van der Waals surface area contributed by atoms with E-state index in [1.54, 1.807) is 4.52 Å². The summed E-state index contributed by atoms with van der Waals surface area (Å²) in [6.07, 6.45) is 4.30. The summed E-state index contributed by atoms with van der Waals surface area (Å²) in [4.78, 5) is 11.2. The first kappa shape index (κ1) is 15.1. The summed E-state index contributed by atoms with van der Waals surface area (Å²) < 4.78 is 8.09. The summed E-state index contributed by atoms with van der Waals surface area (Å²) in [6.45, 7) is 3.70. The highest BCUT2D eigenvalue weighted by atomic mass is 79.9. The Kier molecular flexibility index (Phi) is 3.44. The highest BCUT2D eigenvalue weighted by Gasteiger charge is 2.43. The first-order valence-corrected chi connectivity index (χ1v) is 9.29. The predicted molar refractivity (Wildman–Crippen MR) is 95.6 cm³/mol. The number of nitrogens with zero attached hydrogens (tertiary/aromatic N) is 6. The van der Waals surface area contributed by atoms with Crippen molar-refractivity contribution in [2.24, 2.45) is 11.8 Å². The van der Waals surface area contributed by atoms with Crippen molar-refractivity contribution < 1.29 is 4.52 Å². The van der Waals surface area contributed by atoms with Gasteiger partial charge in [-0.2, -0.15) is 9.97 Å². The first-order chi connectivity index (χ1) is 12.2. The maximum Gasteiger partial charge on any atom is 0.324 e. The van der Waals surface area contributed by atoms with E-state index in [9.17, 15) is 0 Å². The summed E-state index contributed by atoms with van der Waals surface area (Å²) in [5.41, 5.74) is 0.830. The quantitative estimate of drug-likeness (QED) is 0.718. The number of aryl methyl sites for hydroxylation is 1. The molecule has 0 unspecified atom stereocenters. The normalized spacial score (nSPS) is 25.7. The standard InChI is InChI=1S/C16H18BrN7O/c1-9-18-16(25-22-9)23-7-10-4-5-11(8-23)13(10)19-15-20-14-12(17)3-2-6-24(14)21-15/h2-3,6,10-11,13H,4-5,7-8H2,1H3,(H,19,21)/t10-,11+,13-. The van der Waals surface area contributed by atoms with Crippen LogP contribution < -0.4 is 10.2 Å². The van der Waals surface area contributed by atoms with Gasteiger partial charge in [-0.3, -0.25) is 0 Å². The van der Waals surface area contributed by atoms with E-state index in [-0.39, 0.29) is 0 Å². The third kappa shape index (κ3) is 2.57. The Hall–Kier alpha value is -2.16. The predicted octanol–water partition coefficient (Wildman–Crippen LogP) is 2.51. The van der Waals surface area contributed by atoms with Crippen molar-refractivity contribution in [2.75, 3.05) is 23.3 Å². The zero-order valence-corrected chi connectivity index (χ0v) is 15.3. The lowest BCUT2D eigenvalue weighted by Crippen LogP contribution is -2.48. The lowest BCUT2D eigenvalue weighted by Gasteiger charge is -2.37. The number of aromatic nitrogens is 5. The largest absolute Gasteiger partial charge is 0.349 e. The van der Waals surface area contributed by atoms with E-state index in [1.165, 1.54) is 12.8 Å². The molecular weight excluding hydrogens is 386 g/mol. The molecule has 0 amide bonds. The van der Waals surface area contributed by atoms with Crippen LogP contribution in [-0.4, -0.2) is 43.9 Å². The number of hydrogen-bond donors (Lipinski definition) is 1. The molecule has 3 aromatic heterocycles. The fourth-order valence-corrected chi connectivity index (χ4v) is 4.54. The lowest BCUT2D eigenvalue weighted by molar-refractivity contribution is 0.340. The molecule has 3 aromatic rings. The van der Waals surface area contributed by atoms with E-state index in [0.29, 0.717) is 35.7 Å². The Bertz CT molecular complexity index is 908. The van der Waals surface area contributed by atoms with Crippen molar-refractivity contribution in [3.05, 3.63) is 28.6 Å². The molecule has 0 spiro atoms. The minimum atomic E-state index is 0.386. The van der Waals surface area contributed by atoms with Crippen LogP contribution in [0.4, 0.5) is 12.0 Å². The molecule has 5 rings (SSSR count). The Morgan fingerprint density at radius 3 is 2.72 bits per heavy atom. The summed E-state index contributed by atoms with van der Waals surface area (Å²) in [5.74, 6) is 2.43. The van der Waals surface area contributed by atoms with Crippen molar-refractivity contribution in [1.82, 2.24) is 24.7 Å². The van der Waals surface area contributed by atoms with Crippen LogP contribution in [0.25, 0.3) is 5.65 Å². The second-order valence-electron chi connectivity index (χ2n) is 6.86. The molecule has 3 atom stereocenters. The third-order valence-corrected chi connectivity index (χ3v) is 5.85. The van der Waals surface area contributed by atoms with E-state index < -0.39 is 0 Å².